The van der Waals surface area contributed by atoms with Crippen molar-refractivity contribution in [1.82, 2.24) is 10.2 Å². The molecule has 1 N–H and O–H groups in total. The molecule has 0 spiro atoms. The molecule has 0 saturated heterocycles. The first kappa shape index (κ1) is 29.5. The Morgan fingerprint density at radius 1 is 1.03 bits per heavy atom. The number of hydrogen-bond donors (Lipinski definition) is 1. The first-order valence-corrected chi connectivity index (χ1v) is 14.1. The van der Waals surface area contributed by atoms with Crippen LogP contribution in [0.15, 0.2) is 36.4 Å². The van der Waals surface area contributed by atoms with Gasteiger partial charge in [0.2, 0.25) is 21.8 Å². The van der Waals surface area contributed by atoms with Gasteiger partial charge in [-0.3, -0.25) is 13.9 Å². The van der Waals surface area contributed by atoms with E-state index in [1.54, 1.807) is 19.1 Å². The van der Waals surface area contributed by atoms with Gasteiger partial charge in [0.05, 0.1) is 22.0 Å². The molecule has 2 rings (SSSR count). The SMILES string of the molecule is CC[C@@H](C)NC(=O)[C@@H](C)N(Cc1ccc(Cl)cc1Cl)C(=O)CN(c1cccc(Cl)c1Cl)S(C)(=O)=O. The van der Waals surface area contributed by atoms with Crippen LogP contribution in [0.1, 0.15) is 32.8 Å². The number of carbonyl (C=O) groups excluding carboxylic acids is 2. The maximum absolute atomic E-state index is 13.5. The second kappa shape index (κ2) is 12.5. The number of rotatable bonds is 10. The highest BCUT2D eigenvalue weighted by Crippen LogP contribution is 2.34. The summed E-state index contributed by atoms with van der Waals surface area (Å²) in [6, 6.07) is 8.22. The summed E-state index contributed by atoms with van der Waals surface area (Å²) in [7, 11) is -3.94. The Labute approximate surface area is 226 Å². The third-order valence-corrected chi connectivity index (χ3v) is 7.93. The Morgan fingerprint density at radius 3 is 2.26 bits per heavy atom. The molecule has 2 aromatic rings. The zero-order valence-corrected chi connectivity index (χ0v) is 23.5. The fourth-order valence-corrected chi connectivity index (χ4v) is 4.93. The van der Waals surface area contributed by atoms with E-state index in [9.17, 15) is 18.0 Å². The number of nitrogens with zero attached hydrogens (tertiary/aromatic N) is 2. The second-order valence-corrected chi connectivity index (χ2v) is 11.6. The average Bonchev–Trinajstić information content (AvgIpc) is 2.77. The lowest BCUT2D eigenvalue weighted by atomic mass is 10.1. The highest BCUT2D eigenvalue weighted by atomic mass is 35.5. The van der Waals surface area contributed by atoms with Crippen molar-refractivity contribution >= 4 is 73.9 Å². The third-order valence-electron chi connectivity index (χ3n) is 5.40. The number of hydrogen-bond acceptors (Lipinski definition) is 4. The Hall–Kier alpha value is -1.71. The first-order chi connectivity index (χ1) is 16.3. The van der Waals surface area contributed by atoms with Gasteiger partial charge in [0.25, 0.3) is 0 Å². The van der Waals surface area contributed by atoms with Crippen molar-refractivity contribution in [2.45, 2.75) is 45.8 Å². The van der Waals surface area contributed by atoms with Crippen molar-refractivity contribution in [3.05, 3.63) is 62.1 Å². The smallest absolute Gasteiger partial charge is 0.244 e. The van der Waals surface area contributed by atoms with Crippen LogP contribution in [-0.4, -0.2) is 50.0 Å². The Kier molecular flexibility index (Phi) is 10.5. The van der Waals surface area contributed by atoms with E-state index >= 15 is 0 Å². The van der Waals surface area contributed by atoms with Crippen LogP contribution < -0.4 is 9.62 Å². The van der Waals surface area contributed by atoms with Gasteiger partial charge in [-0.25, -0.2) is 8.42 Å². The summed E-state index contributed by atoms with van der Waals surface area (Å²) >= 11 is 24.6. The highest BCUT2D eigenvalue weighted by molar-refractivity contribution is 7.92. The maximum Gasteiger partial charge on any atom is 0.244 e. The summed E-state index contributed by atoms with van der Waals surface area (Å²) in [4.78, 5) is 27.7. The third kappa shape index (κ3) is 7.89. The molecule has 35 heavy (non-hydrogen) atoms. The number of anilines is 1. The van der Waals surface area contributed by atoms with Crippen LogP contribution in [0.25, 0.3) is 0 Å². The normalized spacial score (nSPS) is 13.1. The lowest BCUT2D eigenvalue weighted by molar-refractivity contribution is -0.139. The van der Waals surface area contributed by atoms with Crippen molar-refractivity contribution in [1.29, 1.82) is 0 Å². The van der Waals surface area contributed by atoms with E-state index in [1.807, 2.05) is 13.8 Å². The van der Waals surface area contributed by atoms with E-state index in [0.717, 1.165) is 10.6 Å². The number of benzene rings is 2. The van der Waals surface area contributed by atoms with Gasteiger partial charge in [-0.15, -0.1) is 0 Å². The minimum atomic E-state index is -3.94. The fourth-order valence-electron chi connectivity index (χ4n) is 3.16. The maximum atomic E-state index is 13.5. The van der Waals surface area contributed by atoms with E-state index < -0.39 is 28.5 Å². The molecule has 7 nitrogen and oxygen atoms in total. The second-order valence-electron chi connectivity index (χ2n) is 8.09. The van der Waals surface area contributed by atoms with Crippen molar-refractivity contribution in [3.8, 4) is 0 Å². The quantitative estimate of drug-likeness (QED) is 0.406. The van der Waals surface area contributed by atoms with E-state index in [0.29, 0.717) is 22.0 Å². The molecule has 0 aromatic heterocycles. The zero-order chi connectivity index (χ0) is 26.5. The van der Waals surface area contributed by atoms with Crippen molar-refractivity contribution in [2.24, 2.45) is 0 Å². The predicted octanol–water partition coefficient (Wildman–Crippen LogP) is 5.40. The molecule has 0 fully saturated rings. The fraction of sp³-hybridized carbons (Fsp3) is 0.391. The molecule has 2 amide bonds. The molecule has 192 valence electrons. The van der Waals surface area contributed by atoms with E-state index in [-0.39, 0.29) is 34.2 Å². The van der Waals surface area contributed by atoms with Gasteiger partial charge >= 0.3 is 0 Å². The van der Waals surface area contributed by atoms with Crippen LogP contribution >= 0.6 is 46.4 Å². The van der Waals surface area contributed by atoms with E-state index in [4.69, 9.17) is 46.4 Å². The topological polar surface area (TPSA) is 86.8 Å². The van der Waals surface area contributed by atoms with Crippen molar-refractivity contribution in [2.75, 3.05) is 17.1 Å². The Morgan fingerprint density at radius 2 is 1.69 bits per heavy atom. The molecule has 2 aromatic carbocycles. The monoisotopic (exact) mass is 581 g/mol. The summed E-state index contributed by atoms with van der Waals surface area (Å²) in [5, 5.41) is 3.70. The van der Waals surface area contributed by atoms with Crippen LogP contribution in [0.5, 0.6) is 0 Å². The average molecular weight is 583 g/mol. The molecular weight excluding hydrogens is 556 g/mol. The summed E-state index contributed by atoms with van der Waals surface area (Å²) in [5.41, 5.74) is 0.593. The summed E-state index contributed by atoms with van der Waals surface area (Å²) in [6.07, 6.45) is 1.65. The van der Waals surface area contributed by atoms with Gasteiger partial charge < -0.3 is 10.2 Å². The molecule has 0 saturated carbocycles. The summed E-state index contributed by atoms with van der Waals surface area (Å²) < 4.78 is 26.1. The number of halogens is 4. The summed E-state index contributed by atoms with van der Waals surface area (Å²) in [6.45, 7) is 4.68. The number of nitrogens with one attached hydrogen (secondary N) is 1. The van der Waals surface area contributed by atoms with Gasteiger partial charge in [-0.1, -0.05) is 65.5 Å². The van der Waals surface area contributed by atoms with Gasteiger partial charge in [0, 0.05) is 22.6 Å². The molecule has 0 heterocycles. The van der Waals surface area contributed by atoms with Crippen LogP contribution in [0.3, 0.4) is 0 Å². The van der Waals surface area contributed by atoms with Gasteiger partial charge in [-0.05, 0) is 50.1 Å². The molecule has 0 radical (unpaired) electrons. The zero-order valence-electron chi connectivity index (χ0n) is 19.7. The minimum Gasteiger partial charge on any atom is -0.352 e. The predicted molar refractivity (Wildman–Crippen MR) is 143 cm³/mol. The summed E-state index contributed by atoms with van der Waals surface area (Å²) in [5.74, 6) is -1.02. The first-order valence-electron chi connectivity index (χ1n) is 10.7. The van der Waals surface area contributed by atoms with Gasteiger partial charge in [0.15, 0.2) is 0 Å². The molecule has 2 atom stereocenters. The number of sulfonamides is 1. The number of amides is 2. The van der Waals surface area contributed by atoms with Crippen LogP contribution in [0.2, 0.25) is 20.1 Å². The molecule has 0 aliphatic carbocycles. The lowest BCUT2D eigenvalue weighted by Crippen LogP contribution is -2.52. The molecular formula is C23H27Cl4N3O4S. The standard InChI is InChI=1S/C23H27Cl4N3O4S/c1-5-14(2)28-23(32)15(3)29(12-16-9-10-17(24)11-19(16)26)21(31)13-30(35(4,33)34)20-8-6-7-18(25)22(20)27/h6-11,14-15H,5,12-13H2,1-4H3,(H,28,32)/t14-,15-/m1/s1. The molecule has 0 aliphatic heterocycles. The molecule has 0 unspecified atom stereocenters. The van der Waals surface area contributed by atoms with E-state index in [1.165, 1.54) is 29.2 Å². The number of carbonyl (C=O) groups is 2. The Balaban J connectivity index is 2.47. The molecule has 0 bridgehead atoms. The van der Waals surface area contributed by atoms with Crippen molar-refractivity contribution in [3.63, 3.8) is 0 Å². The lowest BCUT2D eigenvalue weighted by Gasteiger charge is -2.32. The van der Waals surface area contributed by atoms with Gasteiger partial charge in [-0.2, -0.15) is 0 Å². The van der Waals surface area contributed by atoms with Crippen LogP contribution in [0, 0.1) is 0 Å². The largest absolute Gasteiger partial charge is 0.352 e. The Bertz CT molecular complexity index is 1190. The molecule has 0 aliphatic rings. The van der Waals surface area contributed by atoms with E-state index in [2.05, 4.69) is 5.32 Å². The van der Waals surface area contributed by atoms with Gasteiger partial charge in [0.1, 0.15) is 12.6 Å². The van der Waals surface area contributed by atoms with Crippen molar-refractivity contribution < 1.29 is 18.0 Å². The molecule has 12 heteroatoms. The highest BCUT2D eigenvalue weighted by Gasteiger charge is 2.31. The minimum absolute atomic E-state index is 0.0118. The van der Waals surface area contributed by atoms with Crippen LogP contribution in [0.4, 0.5) is 5.69 Å². The van der Waals surface area contributed by atoms with Crippen LogP contribution in [-0.2, 0) is 26.2 Å².